The summed E-state index contributed by atoms with van der Waals surface area (Å²) in [5.74, 6) is -0.177. The van der Waals surface area contributed by atoms with Crippen LogP contribution < -0.4 is 5.73 Å². The highest BCUT2D eigenvalue weighted by molar-refractivity contribution is 7.98. The molecule has 0 aliphatic carbocycles. The second-order valence-electron chi connectivity index (χ2n) is 2.68. The van der Waals surface area contributed by atoms with Gasteiger partial charge in [-0.2, -0.15) is 0 Å². The Hall–Kier alpha value is -0.740. The highest BCUT2D eigenvalue weighted by Gasteiger charge is 2.06. The number of nitrogens with two attached hydrogens (primary N) is 1. The lowest BCUT2D eigenvalue weighted by Gasteiger charge is -1.96. The summed E-state index contributed by atoms with van der Waals surface area (Å²) in [7, 11) is 0. The average Bonchev–Trinajstić information content (AvgIpc) is 2.46. The zero-order chi connectivity index (χ0) is 9.42. The van der Waals surface area contributed by atoms with E-state index >= 15 is 0 Å². The van der Waals surface area contributed by atoms with Gasteiger partial charge in [-0.25, -0.2) is 4.39 Å². The van der Waals surface area contributed by atoms with E-state index in [9.17, 15) is 4.39 Å². The zero-order valence-corrected chi connectivity index (χ0v) is 8.64. The molecule has 0 aliphatic heterocycles. The van der Waals surface area contributed by atoms with Gasteiger partial charge in [-0.15, -0.1) is 23.1 Å². The quantitative estimate of drug-likeness (QED) is 0.735. The van der Waals surface area contributed by atoms with Crippen molar-refractivity contribution >= 4 is 38.2 Å². The first-order chi connectivity index (χ1) is 6.20. The monoisotopic (exact) mass is 213 g/mol. The van der Waals surface area contributed by atoms with Gasteiger partial charge in [-0.1, -0.05) is 0 Å². The van der Waals surface area contributed by atoms with Crippen LogP contribution in [0.3, 0.4) is 0 Å². The fraction of sp³-hybridized carbons (Fsp3) is 0.111. The van der Waals surface area contributed by atoms with E-state index in [4.69, 9.17) is 5.73 Å². The van der Waals surface area contributed by atoms with Gasteiger partial charge in [0, 0.05) is 4.90 Å². The van der Waals surface area contributed by atoms with E-state index in [1.54, 1.807) is 6.07 Å². The van der Waals surface area contributed by atoms with Crippen LogP contribution >= 0.6 is 23.1 Å². The minimum absolute atomic E-state index is 0.177. The molecular formula is C9H8FNS2. The lowest BCUT2D eigenvalue weighted by Crippen LogP contribution is -1.75. The Labute approximate surface area is 83.7 Å². The minimum Gasteiger partial charge on any atom is -0.391 e. The molecule has 68 valence electrons. The van der Waals surface area contributed by atoms with Crippen molar-refractivity contribution in [3.63, 3.8) is 0 Å². The summed E-state index contributed by atoms with van der Waals surface area (Å²) in [5.41, 5.74) is 5.60. The SMILES string of the molecule is CSc1cc(F)c2sc(N)cc2c1. The maximum absolute atomic E-state index is 13.4. The van der Waals surface area contributed by atoms with Crippen molar-refractivity contribution in [2.45, 2.75) is 4.90 Å². The largest absolute Gasteiger partial charge is 0.391 e. The van der Waals surface area contributed by atoms with E-state index in [2.05, 4.69) is 0 Å². The molecule has 0 atom stereocenters. The number of rotatable bonds is 1. The first kappa shape index (κ1) is 8.84. The van der Waals surface area contributed by atoms with E-state index in [1.165, 1.54) is 23.1 Å². The van der Waals surface area contributed by atoms with Crippen molar-refractivity contribution in [2.24, 2.45) is 0 Å². The number of hydrogen-bond acceptors (Lipinski definition) is 3. The molecule has 0 fully saturated rings. The standard InChI is InChI=1S/C9H8FNS2/c1-12-6-2-5-3-8(11)13-9(5)7(10)4-6/h2-4H,11H2,1H3. The third kappa shape index (κ3) is 1.51. The molecule has 1 heterocycles. The minimum atomic E-state index is -0.177. The number of fused-ring (bicyclic) bond motifs is 1. The second kappa shape index (κ2) is 3.20. The van der Waals surface area contributed by atoms with Crippen molar-refractivity contribution < 1.29 is 4.39 Å². The molecule has 2 N–H and O–H groups in total. The summed E-state index contributed by atoms with van der Waals surface area (Å²) in [6.07, 6.45) is 1.93. The van der Waals surface area contributed by atoms with Crippen molar-refractivity contribution in [1.82, 2.24) is 0 Å². The summed E-state index contributed by atoms with van der Waals surface area (Å²) in [6.45, 7) is 0. The lowest BCUT2D eigenvalue weighted by atomic mass is 10.2. The van der Waals surface area contributed by atoms with Gasteiger partial charge in [0.25, 0.3) is 0 Å². The van der Waals surface area contributed by atoms with Crippen molar-refractivity contribution in [3.8, 4) is 0 Å². The van der Waals surface area contributed by atoms with Crippen LogP contribution in [0.2, 0.25) is 0 Å². The Bertz CT molecular complexity index is 450. The van der Waals surface area contributed by atoms with Crippen LogP contribution in [0.1, 0.15) is 0 Å². The molecule has 1 nitrogen and oxygen atoms in total. The summed E-state index contributed by atoms with van der Waals surface area (Å²) < 4.78 is 14.0. The highest BCUT2D eigenvalue weighted by atomic mass is 32.2. The fourth-order valence-corrected chi connectivity index (χ4v) is 2.50. The molecule has 2 rings (SSSR count). The molecule has 2 aromatic rings. The predicted molar refractivity (Wildman–Crippen MR) is 58.0 cm³/mol. The first-order valence-corrected chi connectivity index (χ1v) is 5.77. The molecule has 0 spiro atoms. The Balaban J connectivity index is 2.75. The second-order valence-corrected chi connectivity index (χ2v) is 4.64. The number of nitrogen functional groups attached to an aromatic ring is 1. The normalized spacial score (nSPS) is 10.9. The van der Waals surface area contributed by atoms with Crippen molar-refractivity contribution in [2.75, 3.05) is 12.0 Å². The molecule has 1 aromatic carbocycles. The molecule has 13 heavy (non-hydrogen) atoms. The lowest BCUT2D eigenvalue weighted by molar-refractivity contribution is 0.638. The van der Waals surface area contributed by atoms with Crippen LogP contribution in [0.4, 0.5) is 9.39 Å². The molecule has 0 radical (unpaired) electrons. The maximum Gasteiger partial charge on any atom is 0.142 e. The third-order valence-corrected chi connectivity index (χ3v) is 3.49. The molecule has 1 aromatic heterocycles. The van der Waals surface area contributed by atoms with E-state index in [1.807, 2.05) is 18.4 Å². The summed E-state index contributed by atoms with van der Waals surface area (Å²) in [6, 6.07) is 5.31. The summed E-state index contributed by atoms with van der Waals surface area (Å²) in [4.78, 5) is 0.933. The summed E-state index contributed by atoms with van der Waals surface area (Å²) >= 11 is 2.82. The van der Waals surface area contributed by atoms with Crippen LogP contribution in [0.15, 0.2) is 23.1 Å². The Morgan fingerprint density at radius 1 is 1.38 bits per heavy atom. The van der Waals surface area contributed by atoms with Gasteiger partial charge in [0.2, 0.25) is 0 Å². The molecule has 0 bridgehead atoms. The zero-order valence-electron chi connectivity index (χ0n) is 7.00. The first-order valence-electron chi connectivity index (χ1n) is 3.73. The fourth-order valence-electron chi connectivity index (χ4n) is 1.22. The van der Waals surface area contributed by atoms with Gasteiger partial charge >= 0.3 is 0 Å². The molecule has 4 heteroatoms. The third-order valence-electron chi connectivity index (χ3n) is 1.80. The van der Waals surface area contributed by atoms with Crippen LogP contribution in [-0.2, 0) is 0 Å². The highest BCUT2D eigenvalue weighted by Crippen LogP contribution is 2.32. The number of halogens is 1. The topological polar surface area (TPSA) is 26.0 Å². The molecule has 0 unspecified atom stereocenters. The van der Waals surface area contributed by atoms with Gasteiger partial charge in [0.15, 0.2) is 0 Å². The predicted octanol–water partition coefficient (Wildman–Crippen LogP) is 3.34. The molecule has 0 saturated heterocycles. The van der Waals surface area contributed by atoms with Gasteiger partial charge in [-0.05, 0) is 29.8 Å². The van der Waals surface area contributed by atoms with Crippen LogP contribution in [0.25, 0.3) is 10.1 Å². The van der Waals surface area contributed by atoms with Crippen LogP contribution in [0, 0.1) is 5.82 Å². The van der Waals surface area contributed by atoms with E-state index < -0.39 is 0 Å². The number of thioether (sulfide) groups is 1. The summed E-state index contributed by atoms with van der Waals surface area (Å²) in [5, 5.41) is 1.55. The van der Waals surface area contributed by atoms with E-state index in [0.717, 1.165) is 10.3 Å². The average molecular weight is 213 g/mol. The van der Waals surface area contributed by atoms with Gasteiger partial charge in [-0.3, -0.25) is 0 Å². The molecule has 0 amide bonds. The van der Waals surface area contributed by atoms with Crippen molar-refractivity contribution in [3.05, 3.63) is 24.0 Å². The van der Waals surface area contributed by atoms with Gasteiger partial charge in [0.05, 0.1) is 9.70 Å². The number of anilines is 1. The number of hydrogen-bond donors (Lipinski definition) is 1. The van der Waals surface area contributed by atoms with Crippen molar-refractivity contribution in [1.29, 1.82) is 0 Å². The Morgan fingerprint density at radius 3 is 2.85 bits per heavy atom. The van der Waals surface area contributed by atoms with Crippen LogP contribution in [0.5, 0.6) is 0 Å². The Kier molecular flexibility index (Phi) is 2.17. The Morgan fingerprint density at radius 2 is 2.15 bits per heavy atom. The molecule has 0 saturated carbocycles. The smallest absolute Gasteiger partial charge is 0.142 e. The maximum atomic E-state index is 13.4. The van der Waals surface area contributed by atoms with Crippen LogP contribution in [-0.4, -0.2) is 6.26 Å². The number of thiophene rings is 1. The van der Waals surface area contributed by atoms with Gasteiger partial charge in [0.1, 0.15) is 5.82 Å². The van der Waals surface area contributed by atoms with E-state index in [0.29, 0.717) is 9.70 Å². The molecule has 0 aliphatic rings. The number of benzene rings is 1. The molecular weight excluding hydrogens is 205 g/mol. The van der Waals surface area contributed by atoms with Gasteiger partial charge < -0.3 is 5.73 Å². The van der Waals surface area contributed by atoms with E-state index in [-0.39, 0.29) is 5.82 Å².